The van der Waals surface area contributed by atoms with E-state index in [9.17, 15) is 9.59 Å². The molecule has 184 valence electrons. The van der Waals surface area contributed by atoms with Gasteiger partial charge in [0, 0.05) is 23.4 Å². The molecule has 3 N–H and O–H groups in total. The summed E-state index contributed by atoms with van der Waals surface area (Å²) in [5.74, 6) is -0.185. The number of benzene rings is 1. The number of carbonyl (C=O) groups excluding carboxylic acids is 2. The summed E-state index contributed by atoms with van der Waals surface area (Å²) >= 11 is 6.16. The molecular formula is C25H43ClN2O4. The SMILES string of the molecule is CC.CC(C)(C)OC(=O)NCC1(c2cccc(Cl)c2)CCCCC1.COC(=O)CCCN. The number of nitrogens with two attached hydrogens (primary N) is 1. The molecule has 0 unspecified atom stereocenters. The van der Waals surface area contributed by atoms with E-state index in [2.05, 4.69) is 16.1 Å². The van der Waals surface area contributed by atoms with E-state index in [1.807, 2.05) is 52.8 Å². The van der Waals surface area contributed by atoms with Gasteiger partial charge in [-0.2, -0.15) is 0 Å². The second-order valence-electron chi connectivity index (χ2n) is 8.68. The van der Waals surface area contributed by atoms with Gasteiger partial charge in [0.15, 0.2) is 0 Å². The molecule has 0 saturated heterocycles. The first-order valence-electron chi connectivity index (χ1n) is 11.6. The molecule has 32 heavy (non-hydrogen) atoms. The van der Waals surface area contributed by atoms with E-state index in [-0.39, 0.29) is 17.5 Å². The van der Waals surface area contributed by atoms with Crippen LogP contribution in [0.4, 0.5) is 4.79 Å². The number of esters is 1. The minimum absolute atomic E-state index is 0.0277. The average Bonchev–Trinajstić information content (AvgIpc) is 2.77. The van der Waals surface area contributed by atoms with E-state index in [1.165, 1.54) is 31.9 Å². The van der Waals surface area contributed by atoms with Crippen LogP contribution in [0.2, 0.25) is 5.02 Å². The Hall–Kier alpha value is -1.79. The highest BCUT2D eigenvalue weighted by Crippen LogP contribution is 2.39. The van der Waals surface area contributed by atoms with Crippen LogP contribution >= 0.6 is 11.6 Å². The van der Waals surface area contributed by atoms with Crippen molar-refractivity contribution in [2.75, 3.05) is 20.2 Å². The molecule has 0 spiro atoms. The summed E-state index contributed by atoms with van der Waals surface area (Å²) < 4.78 is 9.72. The molecule has 0 atom stereocenters. The molecule has 0 aliphatic heterocycles. The Labute approximate surface area is 199 Å². The third-order valence-corrected chi connectivity index (χ3v) is 5.27. The van der Waals surface area contributed by atoms with Gasteiger partial charge in [-0.05, 0) is 64.3 Å². The van der Waals surface area contributed by atoms with E-state index in [0.717, 1.165) is 17.9 Å². The average molecular weight is 471 g/mol. The van der Waals surface area contributed by atoms with Crippen LogP contribution < -0.4 is 11.1 Å². The lowest BCUT2D eigenvalue weighted by Gasteiger charge is -2.38. The van der Waals surface area contributed by atoms with Gasteiger partial charge in [0.2, 0.25) is 0 Å². The number of nitrogens with one attached hydrogen (secondary N) is 1. The van der Waals surface area contributed by atoms with Gasteiger partial charge >= 0.3 is 12.1 Å². The van der Waals surface area contributed by atoms with Crippen LogP contribution in [0.25, 0.3) is 0 Å². The largest absolute Gasteiger partial charge is 0.469 e. The maximum atomic E-state index is 12.0. The highest BCUT2D eigenvalue weighted by atomic mass is 35.5. The number of ether oxygens (including phenoxy) is 2. The fourth-order valence-electron chi connectivity index (χ4n) is 3.52. The second-order valence-corrected chi connectivity index (χ2v) is 9.11. The van der Waals surface area contributed by atoms with Crippen molar-refractivity contribution in [2.24, 2.45) is 5.73 Å². The van der Waals surface area contributed by atoms with E-state index in [0.29, 0.717) is 25.9 Å². The van der Waals surface area contributed by atoms with E-state index < -0.39 is 5.60 Å². The Balaban J connectivity index is 0.000000814. The molecule has 1 amide bonds. The van der Waals surface area contributed by atoms with E-state index in [1.54, 1.807) is 0 Å². The Bertz CT molecular complexity index is 668. The molecule has 0 heterocycles. The number of amides is 1. The molecule has 1 aliphatic rings. The van der Waals surface area contributed by atoms with Crippen molar-refractivity contribution < 1.29 is 19.1 Å². The molecule has 1 fully saturated rings. The summed E-state index contributed by atoms with van der Waals surface area (Å²) in [4.78, 5) is 22.3. The predicted octanol–water partition coefficient (Wildman–Crippen LogP) is 5.99. The number of carbonyl (C=O) groups is 2. The van der Waals surface area contributed by atoms with Crippen molar-refractivity contribution in [3.8, 4) is 0 Å². The lowest BCUT2D eigenvalue weighted by Crippen LogP contribution is -2.43. The molecule has 7 heteroatoms. The van der Waals surface area contributed by atoms with Crippen LogP contribution in [0.5, 0.6) is 0 Å². The van der Waals surface area contributed by atoms with Crippen LogP contribution in [-0.2, 0) is 19.7 Å². The van der Waals surface area contributed by atoms with Crippen molar-refractivity contribution in [2.45, 2.75) is 90.6 Å². The number of halogens is 1. The van der Waals surface area contributed by atoms with Gasteiger partial charge in [-0.15, -0.1) is 0 Å². The molecule has 0 bridgehead atoms. The number of hydrogen-bond donors (Lipinski definition) is 2. The summed E-state index contributed by atoms with van der Waals surface area (Å²) in [5.41, 5.74) is 5.84. The lowest BCUT2D eigenvalue weighted by molar-refractivity contribution is -0.140. The molecule has 2 rings (SSSR count). The summed E-state index contributed by atoms with van der Waals surface area (Å²) in [7, 11) is 1.37. The number of hydrogen-bond acceptors (Lipinski definition) is 5. The highest BCUT2D eigenvalue weighted by Gasteiger charge is 2.34. The van der Waals surface area contributed by atoms with Crippen LogP contribution in [0.15, 0.2) is 24.3 Å². The first-order valence-corrected chi connectivity index (χ1v) is 12.0. The number of alkyl carbamates (subject to hydrolysis) is 1. The van der Waals surface area contributed by atoms with Gasteiger partial charge in [-0.25, -0.2) is 4.79 Å². The molecule has 0 aromatic heterocycles. The zero-order valence-electron chi connectivity index (χ0n) is 20.8. The summed E-state index contributed by atoms with van der Waals surface area (Å²) in [6, 6.07) is 8.03. The van der Waals surface area contributed by atoms with Crippen molar-refractivity contribution >= 4 is 23.7 Å². The smallest absolute Gasteiger partial charge is 0.407 e. The maximum absolute atomic E-state index is 12.0. The zero-order chi connectivity index (χ0) is 24.6. The van der Waals surface area contributed by atoms with Crippen LogP contribution in [0, 0.1) is 0 Å². The van der Waals surface area contributed by atoms with Crippen LogP contribution in [0.1, 0.15) is 85.1 Å². The third-order valence-electron chi connectivity index (χ3n) is 5.03. The summed E-state index contributed by atoms with van der Waals surface area (Å²) in [6.07, 6.45) is 6.57. The van der Waals surface area contributed by atoms with Crippen LogP contribution in [-0.4, -0.2) is 37.9 Å². The molecule has 1 aromatic carbocycles. The van der Waals surface area contributed by atoms with Gasteiger partial charge in [0.05, 0.1) is 7.11 Å². The Morgan fingerprint density at radius 2 is 1.78 bits per heavy atom. The van der Waals surface area contributed by atoms with Crippen LogP contribution in [0.3, 0.4) is 0 Å². The van der Waals surface area contributed by atoms with Gasteiger partial charge in [0.25, 0.3) is 0 Å². The molecule has 1 aromatic rings. The number of methoxy groups -OCH3 is 1. The molecular weight excluding hydrogens is 428 g/mol. The van der Waals surface area contributed by atoms with E-state index in [4.69, 9.17) is 22.1 Å². The molecule has 0 radical (unpaired) electrons. The Morgan fingerprint density at radius 1 is 1.16 bits per heavy atom. The lowest BCUT2D eigenvalue weighted by atomic mass is 9.69. The fraction of sp³-hybridized carbons (Fsp3) is 0.680. The first-order chi connectivity index (χ1) is 15.1. The minimum atomic E-state index is -0.472. The Kier molecular flexibility index (Phi) is 15.0. The summed E-state index contributed by atoms with van der Waals surface area (Å²) in [6.45, 7) is 10.8. The van der Waals surface area contributed by atoms with Crippen molar-refractivity contribution in [1.82, 2.24) is 5.32 Å². The maximum Gasteiger partial charge on any atom is 0.407 e. The Morgan fingerprint density at radius 3 is 2.28 bits per heavy atom. The molecule has 6 nitrogen and oxygen atoms in total. The van der Waals surface area contributed by atoms with Gasteiger partial charge in [-0.3, -0.25) is 4.79 Å². The summed E-state index contributed by atoms with van der Waals surface area (Å²) in [5, 5.41) is 3.71. The standard InChI is InChI=1S/C18H26ClNO2.C5H11NO2.C2H6/c1-17(2,3)22-16(21)20-13-18(10-5-4-6-11-18)14-8-7-9-15(19)12-14;1-8-5(7)3-2-4-6;1-2/h7-9,12H,4-6,10-11,13H2,1-3H3,(H,20,21);2-4,6H2,1H3;1-2H3. The van der Waals surface area contributed by atoms with Gasteiger partial charge in [0.1, 0.15) is 5.60 Å². The minimum Gasteiger partial charge on any atom is -0.469 e. The second kappa shape index (κ2) is 15.9. The topological polar surface area (TPSA) is 90.6 Å². The highest BCUT2D eigenvalue weighted by molar-refractivity contribution is 6.30. The van der Waals surface area contributed by atoms with E-state index >= 15 is 0 Å². The monoisotopic (exact) mass is 470 g/mol. The first kappa shape index (κ1) is 30.2. The quantitative estimate of drug-likeness (QED) is 0.498. The third kappa shape index (κ3) is 12.3. The van der Waals surface area contributed by atoms with Gasteiger partial charge < -0.3 is 20.5 Å². The molecule has 1 aliphatic carbocycles. The normalized spacial score (nSPS) is 14.6. The van der Waals surface area contributed by atoms with Crippen molar-refractivity contribution in [3.63, 3.8) is 0 Å². The fourth-order valence-corrected chi connectivity index (χ4v) is 3.71. The zero-order valence-corrected chi connectivity index (χ0v) is 21.5. The van der Waals surface area contributed by atoms with Gasteiger partial charge in [-0.1, -0.05) is 56.8 Å². The van der Waals surface area contributed by atoms with Crippen molar-refractivity contribution in [3.05, 3.63) is 34.9 Å². The molecule has 1 saturated carbocycles. The predicted molar refractivity (Wildman–Crippen MR) is 132 cm³/mol. The van der Waals surface area contributed by atoms with Crippen molar-refractivity contribution in [1.29, 1.82) is 0 Å². The number of rotatable bonds is 6.